The number of benzene rings is 1. The Morgan fingerprint density at radius 2 is 2.06 bits per heavy atom. The molecule has 1 fully saturated rings. The summed E-state index contributed by atoms with van der Waals surface area (Å²) in [4.78, 5) is 22.2. The van der Waals surface area contributed by atoms with Gasteiger partial charge in [-0.05, 0) is 72.7 Å². The average molecular weight is 521 g/mol. The third-order valence-electron chi connectivity index (χ3n) is 5.78. The van der Waals surface area contributed by atoms with Gasteiger partial charge in [0, 0.05) is 17.3 Å². The highest BCUT2D eigenvalue weighted by atomic mass is 35.5. The molecule has 1 aliphatic rings. The molecule has 2 heterocycles. The van der Waals surface area contributed by atoms with E-state index in [1.807, 2.05) is 35.7 Å². The highest BCUT2D eigenvalue weighted by Crippen LogP contribution is 2.30. The number of thiophene rings is 1. The molecule has 4 rings (SSSR count). The maximum absolute atomic E-state index is 13.2. The maximum atomic E-state index is 13.2. The van der Waals surface area contributed by atoms with Crippen LogP contribution in [0.4, 0.5) is 5.82 Å². The van der Waals surface area contributed by atoms with Gasteiger partial charge < -0.3 is 5.32 Å². The predicted molar refractivity (Wildman–Crippen MR) is 132 cm³/mol. The highest BCUT2D eigenvalue weighted by molar-refractivity contribution is 7.84. The molecule has 0 amide bonds. The summed E-state index contributed by atoms with van der Waals surface area (Å²) in [6, 6.07) is 9.75. The second-order valence-electron chi connectivity index (χ2n) is 8.36. The summed E-state index contributed by atoms with van der Waals surface area (Å²) < 4.78 is 26.8. The Kier molecular flexibility index (Phi) is 7.95. The number of hydrogen-bond acceptors (Lipinski definition) is 8. The second kappa shape index (κ2) is 10.9. The van der Waals surface area contributed by atoms with Gasteiger partial charge in [-0.15, -0.1) is 11.3 Å². The van der Waals surface area contributed by atoms with Crippen LogP contribution in [0, 0.1) is 5.92 Å². The van der Waals surface area contributed by atoms with Crippen LogP contribution in [-0.4, -0.2) is 36.8 Å². The number of carbonyl (C=O) groups is 1. The van der Waals surface area contributed by atoms with E-state index in [1.165, 1.54) is 23.9 Å². The highest BCUT2D eigenvalue weighted by Gasteiger charge is 2.27. The third-order valence-corrected chi connectivity index (χ3v) is 7.45. The van der Waals surface area contributed by atoms with Crippen LogP contribution < -0.4 is 10.5 Å². The summed E-state index contributed by atoms with van der Waals surface area (Å²) in [6.07, 6.45) is 6.88. The fourth-order valence-electron chi connectivity index (χ4n) is 4.09. The minimum atomic E-state index is -3.95. The van der Waals surface area contributed by atoms with E-state index in [9.17, 15) is 13.2 Å². The van der Waals surface area contributed by atoms with Crippen molar-refractivity contribution in [3.63, 3.8) is 0 Å². The van der Waals surface area contributed by atoms with Gasteiger partial charge in [0.05, 0.1) is 17.0 Å². The standard InChI is InChI=1S/C23H25ClN4O4S2/c24-18-3-1-2-15(8-18)4-5-17-10-21(33-13-17)22(29)20-11-26-14-27-23(20)28-19-7-6-16(9-19)12-32-34(25,30)31/h1-3,8,10-11,13-14,16,19H,4-7,9,12H2,(H2,25,30,31)(H,26,27,28)/t16-,19+/m1/s1. The minimum Gasteiger partial charge on any atom is -0.367 e. The van der Waals surface area contributed by atoms with Crippen LogP contribution >= 0.6 is 22.9 Å². The van der Waals surface area contributed by atoms with Gasteiger partial charge in [0.1, 0.15) is 12.1 Å². The number of hydrogen-bond donors (Lipinski definition) is 2. The van der Waals surface area contributed by atoms with Crippen LogP contribution in [0.3, 0.4) is 0 Å². The molecule has 2 aromatic heterocycles. The first-order valence-corrected chi connectivity index (χ1v) is 13.6. The lowest BCUT2D eigenvalue weighted by molar-refractivity contribution is 0.104. The van der Waals surface area contributed by atoms with Crippen molar-refractivity contribution < 1.29 is 17.4 Å². The lowest BCUT2D eigenvalue weighted by Crippen LogP contribution is -2.22. The smallest absolute Gasteiger partial charge is 0.333 e. The Bertz CT molecular complexity index is 1270. The molecule has 3 N–H and O–H groups in total. The molecule has 3 aromatic rings. The zero-order valence-electron chi connectivity index (χ0n) is 18.3. The predicted octanol–water partition coefficient (Wildman–Crippen LogP) is 4.01. The molecule has 0 radical (unpaired) electrons. The first-order chi connectivity index (χ1) is 16.3. The number of rotatable bonds is 10. The molecule has 0 aliphatic heterocycles. The number of carbonyl (C=O) groups excluding carboxylic acids is 1. The van der Waals surface area contributed by atoms with E-state index in [-0.39, 0.29) is 24.3 Å². The Balaban J connectivity index is 1.38. The van der Waals surface area contributed by atoms with Crippen molar-refractivity contribution in [2.24, 2.45) is 11.1 Å². The summed E-state index contributed by atoms with van der Waals surface area (Å²) in [5.74, 6) is 0.414. The van der Waals surface area contributed by atoms with Gasteiger partial charge >= 0.3 is 10.3 Å². The van der Waals surface area contributed by atoms with Gasteiger partial charge in [-0.1, -0.05) is 23.7 Å². The van der Waals surface area contributed by atoms with Crippen LogP contribution in [0.15, 0.2) is 48.2 Å². The van der Waals surface area contributed by atoms with Crippen LogP contribution in [0.25, 0.3) is 0 Å². The van der Waals surface area contributed by atoms with Gasteiger partial charge in [-0.25, -0.2) is 15.1 Å². The topological polar surface area (TPSA) is 124 Å². The molecule has 34 heavy (non-hydrogen) atoms. The number of ketones is 1. The van der Waals surface area contributed by atoms with Crippen molar-refractivity contribution in [1.29, 1.82) is 0 Å². The van der Waals surface area contributed by atoms with E-state index in [0.29, 0.717) is 27.7 Å². The van der Waals surface area contributed by atoms with E-state index >= 15 is 0 Å². The molecule has 0 bridgehead atoms. The Morgan fingerprint density at radius 3 is 2.85 bits per heavy atom. The molecule has 11 heteroatoms. The van der Waals surface area contributed by atoms with Crippen LogP contribution in [0.1, 0.15) is 45.6 Å². The summed E-state index contributed by atoms with van der Waals surface area (Å²) in [5, 5.41) is 11.0. The van der Waals surface area contributed by atoms with Crippen LogP contribution in [0.2, 0.25) is 5.02 Å². The Morgan fingerprint density at radius 1 is 1.24 bits per heavy atom. The molecule has 0 saturated heterocycles. The lowest BCUT2D eigenvalue weighted by Gasteiger charge is -2.15. The van der Waals surface area contributed by atoms with Gasteiger partial charge in [-0.2, -0.15) is 8.42 Å². The summed E-state index contributed by atoms with van der Waals surface area (Å²) in [5.41, 5.74) is 2.65. The summed E-state index contributed by atoms with van der Waals surface area (Å²) in [7, 11) is -3.95. The molecule has 2 atom stereocenters. The normalized spacial score (nSPS) is 18.2. The molecular weight excluding hydrogens is 496 g/mol. The van der Waals surface area contributed by atoms with Gasteiger partial charge in [0.25, 0.3) is 0 Å². The minimum absolute atomic E-state index is 0.0483. The molecule has 1 saturated carbocycles. The lowest BCUT2D eigenvalue weighted by atomic mass is 10.1. The number of nitrogens with one attached hydrogen (secondary N) is 1. The van der Waals surface area contributed by atoms with Crippen molar-refractivity contribution >= 4 is 44.8 Å². The molecule has 1 aromatic carbocycles. The van der Waals surface area contributed by atoms with Gasteiger partial charge in [0.2, 0.25) is 5.78 Å². The Hall–Kier alpha value is -2.37. The summed E-state index contributed by atoms with van der Waals surface area (Å²) >= 11 is 7.47. The van der Waals surface area contributed by atoms with Crippen molar-refractivity contribution in [2.75, 3.05) is 11.9 Å². The van der Waals surface area contributed by atoms with E-state index in [1.54, 1.807) is 0 Å². The first-order valence-electron chi connectivity index (χ1n) is 10.9. The molecule has 180 valence electrons. The van der Waals surface area contributed by atoms with Crippen molar-refractivity contribution in [2.45, 2.75) is 38.1 Å². The SMILES string of the molecule is NS(=O)(=O)OC[C@@H]1CC[C@H](Nc2ncncc2C(=O)c2cc(CCc3cccc(Cl)c3)cs2)C1. The van der Waals surface area contributed by atoms with Crippen molar-refractivity contribution in [3.8, 4) is 0 Å². The molecule has 1 aliphatic carbocycles. The van der Waals surface area contributed by atoms with Gasteiger partial charge in [-0.3, -0.25) is 8.98 Å². The number of nitrogens with two attached hydrogens (primary N) is 1. The maximum Gasteiger partial charge on any atom is 0.333 e. The fraction of sp³-hybridized carbons (Fsp3) is 0.348. The first kappa shape index (κ1) is 24.7. The molecule has 8 nitrogen and oxygen atoms in total. The number of halogens is 1. The molecular formula is C23H25ClN4O4S2. The van der Waals surface area contributed by atoms with Crippen molar-refractivity contribution in [3.05, 3.63) is 74.8 Å². The van der Waals surface area contributed by atoms with Crippen LogP contribution in [0.5, 0.6) is 0 Å². The van der Waals surface area contributed by atoms with E-state index in [0.717, 1.165) is 36.8 Å². The molecule has 0 unspecified atom stereocenters. The number of aromatic nitrogens is 2. The quantitative estimate of drug-likeness (QED) is 0.387. The van der Waals surface area contributed by atoms with E-state index < -0.39 is 10.3 Å². The van der Waals surface area contributed by atoms with Gasteiger partial charge in [0.15, 0.2) is 0 Å². The zero-order valence-corrected chi connectivity index (χ0v) is 20.7. The fourth-order valence-corrected chi connectivity index (χ4v) is 5.59. The number of aryl methyl sites for hydroxylation is 2. The Labute approximate surface area is 207 Å². The number of anilines is 1. The second-order valence-corrected chi connectivity index (χ2v) is 10.9. The third kappa shape index (κ3) is 6.83. The largest absolute Gasteiger partial charge is 0.367 e. The zero-order chi connectivity index (χ0) is 24.1. The van der Waals surface area contributed by atoms with Crippen molar-refractivity contribution in [1.82, 2.24) is 9.97 Å². The number of nitrogens with zero attached hydrogens (tertiary/aromatic N) is 2. The monoisotopic (exact) mass is 520 g/mol. The molecule has 0 spiro atoms. The van der Waals surface area contributed by atoms with E-state index in [2.05, 4.69) is 15.3 Å². The average Bonchev–Trinajstić information content (AvgIpc) is 3.45. The van der Waals surface area contributed by atoms with E-state index in [4.69, 9.17) is 20.9 Å². The summed E-state index contributed by atoms with van der Waals surface area (Å²) in [6.45, 7) is 0.0553. The van der Waals surface area contributed by atoms with Crippen LogP contribution in [-0.2, 0) is 27.3 Å².